The number of hydrogen-bond acceptors (Lipinski definition) is 4. The van der Waals surface area contributed by atoms with Crippen LogP contribution in [0.2, 0.25) is 10.3 Å². The molecule has 0 radical (unpaired) electrons. The number of halogens is 2. The first-order valence-corrected chi connectivity index (χ1v) is 7.77. The van der Waals surface area contributed by atoms with E-state index in [-0.39, 0.29) is 33.5 Å². The quantitative estimate of drug-likeness (QED) is 0.781. The molecule has 0 aliphatic heterocycles. The van der Waals surface area contributed by atoms with E-state index in [1.54, 1.807) is 0 Å². The van der Waals surface area contributed by atoms with Crippen LogP contribution in [0.1, 0.15) is 22.8 Å². The minimum atomic E-state index is -0.371. The number of carbonyl (C=O) groups excluding carboxylic acids is 1. The monoisotopic (exact) mass is 353 g/mol. The second-order valence-electron chi connectivity index (χ2n) is 5.07. The van der Waals surface area contributed by atoms with E-state index in [0.29, 0.717) is 13.2 Å². The van der Waals surface area contributed by atoms with E-state index < -0.39 is 0 Å². The first-order valence-electron chi connectivity index (χ1n) is 7.01. The molecule has 1 heterocycles. The molecule has 7 heteroatoms. The molecule has 0 aliphatic carbocycles. The van der Waals surface area contributed by atoms with Gasteiger partial charge in [0, 0.05) is 6.04 Å². The average molecular weight is 354 g/mol. The first kappa shape index (κ1) is 17.5. The Morgan fingerprint density at radius 3 is 2.74 bits per heavy atom. The number of hydrogen-bond donors (Lipinski definition) is 2. The molecule has 2 rings (SSSR count). The van der Waals surface area contributed by atoms with Crippen LogP contribution >= 0.6 is 23.2 Å². The van der Waals surface area contributed by atoms with E-state index in [0.717, 1.165) is 5.56 Å². The van der Waals surface area contributed by atoms with E-state index in [1.807, 2.05) is 37.3 Å². The van der Waals surface area contributed by atoms with Gasteiger partial charge in [-0.25, -0.2) is 4.98 Å². The molecule has 3 N–H and O–H groups in total. The standard InChI is InChI=1S/C16H17Cl2N3O2/c1-10(8-23-9-11-5-3-2-4-6-11)20-16(22)12-7-13(17)21-15(18)14(12)19/h2-7,10H,8-9,19H2,1H3,(H,20,22). The van der Waals surface area contributed by atoms with Crippen LogP contribution in [0.5, 0.6) is 0 Å². The fourth-order valence-corrected chi connectivity index (χ4v) is 2.38. The SMILES string of the molecule is CC(COCc1ccccc1)NC(=O)c1cc(Cl)nc(Cl)c1N. The van der Waals surface area contributed by atoms with Crippen LogP contribution in [0.3, 0.4) is 0 Å². The third-order valence-corrected chi connectivity index (χ3v) is 3.56. The molecule has 1 aromatic heterocycles. The Balaban J connectivity index is 1.87. The Labute approximate surface area is 144 Å². The Morgan fingerprint density at radius 1 is 1.35 bits per heavy atom. The summed E-state index contributed by atoms with van der Waals surface area (Å²) in [4.78, 5) is 16.0. The van der Waals surface area contributed by atoms with Crippen molar-refractivity contribution < 1.29 is 9.53 Å². The minimum absolute atomic E-state index is 0.00984. The Bertz CT molecular complexity index is 681. The van der Waals surface area contributed by atoms with Crippen LogP contribution in [0.15, 0.2) is 36.4 Å². The normalized spacial score (nSPS) is 12.0. The Kier molecular flexibility index (Phi) is 6.21. The lowest BCUT2D eigenvalue weighted by Gasteiger charge is -2.15. The number of nitrogens with one attached hydrogen (secondary N) is 1. The summed E-state index contributed by atoms with van der Waals surface area (Å²) in [5, 5.41) is 2.91. The van der Waals surface area contributed by atoms with Gasteiger partial charge in [0.2, 0.25) is 0 Å². The van der Waals surface area contributed by atoms with Gasteiger partial charge in [-0.3, -0.25) is 4.79 Å². The van der Waals surface area contributed by atoms with Crippen LogP contribution in [0, 0.1) is 0 Å². The predicted octanol–water partition coefficient (Wildman–Crippen LogP) is 3.31. The third kappa shape index (κ3) is 5.10. The summed E-state index contributed by atoms with van der Waals surface area (Å²) in [5.74, 6) is -0.371. The van der Waals surface area contributed by atoms with E-state index in [4.69, 9.17) is 33.7 Å². The number of ether oxygens (including phenoxy) is 1. The summed E-state index contributed by atoms with van der Waals surface area (Å²) >= 11 is 11.6. The number of nitrogen functional groups attached to an aromatic ring is 1. The van der Waals surface area contributed by atoms with Gasteiger partial charge in [0.25, 0.3) is 5.91 Å². The highest BCUT2D eigenvalue weighted by Crippen LogP contribution is 2.24. The molecule has 23 heavy (non-hydrogen) atoms. The van der Waals surface area contributed by atoms with Gasteiger partial charge < -0.3 is 15.8 Å². The second kappa shape index (κ2) is 8.15. The van der Waals surface area contributed by atoms with Crippen molar-refractivity contribution in [1.29, 1.82) is 0 Å². The smallest absolute Gasteiger partial charge is 0.253 e. The van der Waals surface area contributed by atoms with Crippen LogP contribution in [0.4, 0.5) is 5.69 Å². The van der Waals surface area contributed by atoms with Crippen molar-refractivity contribution in [2.24, 2.45) is 0 Å². The molecular formula is C16H17Cl2N3O2. The molecule has 2 aromatic rings. The van der Waals surface area contributed by atoms with E-state index >= 15 is 0 Å². The van der Waals surface area contributed by atoms with E-state index in [1.165, 1.54) is 6.07 Å². The van der Waals surface area contributed by atoms with Crippen molar-refractivity contribution in [3.05, 3.63) is 57.8 Å². The zero-order valence-corrected chi connectivity index (χ0v) is 14.1. The lowest BCUT2D eigenvalue weighted by molar-refractivity contribution is 0.0821. The lowest BCUT2D eigenvalue weighted by Crippen LogP contribution is -2.36. The van der Waals surface area contributed by atoms with E-state index in [2.05, 4.69) is 10.3 Å². The zero-order valence-electron chi connectivity index (χ0n) is 12.6. The number of anilines is 1. The van der Waals surface area contributed by atoms with Gasteiger partial charge in [0.1, 0.15) is 5.15 Å². The average Bonchev–Trinajstić information content (AvgIpc) is 2.51. The van der Waals surface area contributed by atoms with Gasteiger partial charge >= 0.3 is 0 Å². The highest BCUT2D eigenvalue weighted by Gasteiger charge is 2.16. The van der Waals surface area contributed by atoms with Gasteiger partial charge in [-0.1, -0.05) is 53.5 Å². The maximum Gasteiger partial charge on any atom is 0.253 e. The fourth-order valence-electron chi connectivity index (χ4n) is 1.95. The lowest BCUT2D eigenvalue weighted by atomic mass is 10.2. The van der Waals surface area contributed by atoms with Crippen LogP contribution in [0.25, 0.3) is 0 Å². The third-order valence-electron chi connectivity index (χ3n) is 3.08. The molecule has 0 bridgehead atoms. The number of rotatable bonds is 6. The number of amides is 1. The number of nitrogens with zero attached hydrogens (tertiary/aromatic N) is 1. The zero-order chi connectivity index (χ0) is 16.8. The molecular weight excluding hydrogens is 337 g/mol. The maximum absolute atomic E-state index is 12.2. The molecule has 5 nitrogen and oxygen atoms in total. The van der Waals surface area contributed by atoms with Crippen LogP contribution < -0.4 is 11.1 Å². The van der Waals surface area contributed by atoms with Crippen molar-refractivity contribution in [3.8, 4) is 0 Å². The van der Waals surface area contributed by atoms with Gasteiger partial charge in [-0.05, 0) is 18.6 Å². The molecule has 1 amide bonds. The van der Waals surface area contributed by atoms with Crippen molar-refractivity contribution in [3.63, 3.8) is 0 Å². The molecule has 0 saturated heterocycles. The highest BCUT2D eigenvalue weighted by atomic mass is 35.5. The highest BCUT2D eigenvalue weighted by molar-refractivity contribution is 6.35. The number of pyridine rings is 1. The summed E-state index contributed by atoms with van der Waals surface area (Å²) in [6.07, 6.45) is 0. The van der Waals surface area contributed by atoms with Crippen LogP contribution in [-0.4, -0.2) is 23.5 Å². The van der Waals surface area contributed by atoms with Crippen molar-refractivity contribution in [2.75, 3.05) is 12.3 Å². The summed E-state index contributed by atoms with van der Waals surface area (Å²) in [6, 6.07) is 11.0. The first-order chi connectivity index (χ1) is 11.0. The second-order valence-corrected chi connectivity index (χ2v) is 5.82. The molecule has 1 atom stereocenters. The molecule has 0 spiro atoms. The number of carbonyl (C=O) groups is 1. The summed E-state index contributed by atoms with van der Waals surface area (Å²) in [6.45, 7) is 2.69. The number of nitrogens with two attached hydrogens (primary N) is 1. The van der Waals surface area contributed by atoms with Gasteiger partial charge in [-0.15, -0.1) is 0 Å². The van der Waals surface area contributed by atoms with Gasteiger partial charge in [0.15, 0.2) is 5.15 Å². The predicted molar refractivity (Wildman–Crippen MR) is 91.7 cm³/mol. The Morgan fingerprint density at radius 2 is 2.04 bits per heavy atom. The van der Waals surface area contributed by atoms with Crippen molar-refractivity contribution in [2.45, 2.75) is 19.6 Å². The summed E-state index contributed by atoms with van der Waals surface area (Å²) in [7, 11) is 0. The molecule has 0 fully saturated rings. The molecule has 0 aliphatic rings. The molecule has 122 valence electrons. The van der Waals surface area contributed by atoms with Crippen LogP contribution in [-0.2, 0) is 11.3 Å². The fraction of sp³-hybridized carbons (Fsp3) is 0.250. The Hall–Kier alpha value is -1.82. The summed E-state index contributed by atoms with van der Waals surface area (Å²) in [5.41, 5.74) is 7.13. The molecule has 1 aromatic carbocycles. The van der Waals surface area contributed by atoms with E-state index in [9.17, 15) is 4.79 Å². The molecule has 0 saturated carbocycles. The molecule has 1 unspecified atom stereocenters. The van der Waals surface area contributed by atoms with Crippen molar-refractivity contribution in [1.82, 2.24) is 10.3 Å². The number of aromatic nitrogens is 1. The topological polar surface area (TPSA) is 77.2 Å². The van der Waals surface area contributed by atoms with Crippen molar-refractivity contribution >= 4 is 34.8 Å². The largest absolute Gasteiger partial charge is 0.396 e. The van der Waals surface area contributed by atoms with Gasteiger partial charge in [-0.2, -0.15) is 0 Å². The summed E-state index contributed by atoms with van der Waals surface area (Å²) < 4.78 is 5.59. The number of benzene rings is 1. The maximum atomic E-state index is 12.2. The van der Waals surface area contributed by atoms with Gasteiger partial charge in [0.05, 0.1) is 24.5 Å². The minimum Gasteiger partial charge on any atom is -0.396 e.